The van der Waals surface area contributed by atoms with Gasteiger partial charge in [-0.25, -0.2) is 9.59 Å². The predicted molar refractivity (Wildman–Crippen MR) is 106 cm³/mol. The van der Waals surface area contributed by atoms with Gasteiger partial charge < -0.3 is 14.4 Å². The first-order valence-corrected chi connectivity index (χ1v) is 10.1. The minimum absolute atomic E-state index is 0.244. The molecule has 1 spiro atoms. The number of anilines is 1. The fourth-order valence-electron chi connectivity index (χ4n) is 4.10. The van der Waals surface area contributed by atoms with Gasteiger partial charge in [-0.2, -0.15) is 0 Å². The van der Waals surface area contributed by atoms with Crippen LogP contribution in [0.1, 0.15) is 45.6 Å². The van der Waals surface area contributed by atoms with Crippen LogP contribution in [-0.2, 0) is 16.0 Å². The van der Waals surface area contributed by atoms with Gasteiger partial charge in [0.05, 0.1) is 0 Å². The summed E-state index contributed by atoms with van der Waals surface area (Å²) in [6.45, 7) is 7.15. The van der Waals surface area contributed by atoms with Gasteiger partial charge in [-0.05, 0) is 39.0 Å². The molecule has 8 heteroatoms. The zero-order chi connectivity index (χ0) is 20.8. The van der Waals surface area contributed by atoms with Crippen LogP contribution >= 0.6 is 0 Å². The van der Waals surface area contributed by atoms with E-state index in [9.17, 15) is 14.4 Å². The SMILES string of the molecule is CC(C)(C)OC(=O)N1CCC2(CC1)Cc1cc(N3CCC(=O)NC3=O)ccc1O2. The summed E-state index contributed by atoms with van der Waals surface area (Å²) in [5.41, 5.74) is 0.992. The maximum atomic E-state index is 12.3. The number of imide groups is 1. The number of piperidine rings is 1. The Balaban J connectivity index is 1.41. The number of rotatable bonds is 1. The second kappa shape index (κ2) is 6.93. The molecule has 0 aromatic heterocycles. The molecule has 0 aliphatic carbocycles. The van der Waals surface area contributed by atoms with Crippen molar-refractivity contribution in [2.75, 3.05) is 24.5 Å². The molecule has 156 valence electrons. The van der Waals surface area contributed by atoms with Gasteiger partial charge in [0.2, 0.25) is 5.91 Å². The van der Waals surface area contributed by atoms with Crippen molar-refractivity contribution in [2.45, 2.75) is 57.7 Å². The van der Waals surface area contributed by atoms with Crippen molar-refractivity contribution in [2.24, 2.45) is 0 Å². The molecule has 1 N–H and O–H groups in total. The Morgan fingerprint density at radius 2 is 1.90 bits per heavy atom. The van der Waals surface area contributed by atoms with E-state index in [4.69, 9.17) is 9.47 Å². The number of nitrogens with one attached hydrogen (secondary N) is 1. The van der Waals surface area contributed by atoms with Crippen LogP contribution in [0.5, 0.6) is 5.75 Å². The van der Waals surface area contributed by atoms with Crippen LogP contribution in [0, 0.1) is 0 Å². The molecule has 0 radical (unpaired) electrons. The number of fused-ring (bicyclic) bond motifs is 1. The first-order chi connectivity index (χ1) is 13.6. The molecular formula is C21H27N3O5. The van der Waals surface area contributed by atoms with Crippen molar-refractivity contribution in [1.82, 2.24) is 10.2 Å². The van der Waals surface area contributed by atoms with Crippen LogP contribution in [-0.4, -0.2) is 53.8 Å². The van der Waals surface area contributed by atoms with Crippen molar-refractivity contribution in [1.29, 1.82) is 0 Å². The van der Waals surface area contributed by atoms with E-state index in [1.165, 1.54) is 0 Å². The molecule has 0 saturated carbocycles. The predicted octanol–water partition coefficient (Wildman–Crippen LogP) is 2.84. The highest BCUT2D eigenvalue weighted by Gasteiger charge is 2.43. The third-order valence-corrected chi connectivity index (χ3v) is 5.58. The van der Waals surface area contributed by atoms with Crippen molar-refractivity contribution < 1.29 is 23.9 Å². The maximum Gasteiger partial charge on any atom is 0.410 e. The number of hydrogen-bond donors (Lipinski definition) is 1. The first kappa shape index (κ1) is 19.5. The Hall–Kier alpha value is -2.77. The molecule has 2 fully saturated rings. The number of benzene rings is 1. The molecule has 3 aliphatic heterocycles. The zero-order valence-corrected chi connectivity index (χ0v) is 17.1. The summed E-state index contributed by atoms with van der Waals surface area (Å²) in [6, 6.07) is 5.33. The quantitative estimate of drug-likeness (QED) is 0.782. The lowest BCUT2D eigenvalue weighted by atomic mass is 9.87. The second-order valence-corrected chi connectivity index (χ2v) is 8.98. The van der Waals surface area contributed by atoms with Gasteiger partial charge in [0.25, 0.3) is 0 Å². The molecule has 3 aliphatic rings. The fourth-order valence-corrected chi connectivity index (χ4v) is 4.10. The fraction of sp³-hybridized carbons (Fsp3) is 0.571. The highest BCUT2D eigenvalue weighted by atomic mass is 16.6. The number of carbonyl (C=O) groups is 3. The van der Waals surface area contributed by atoms with Crippen LogP contribution in [0.2, 0.25) is 0 Å². The monoisotopic (exact) mass is 401 g/mol. The molecule has 1 aromatic rings. The minimum atomic E-state index is -0.506. The Bertz CT molecular complexity index is 852. The van der Waals surface area contributed by atoms with Crippen molar-refractivity contribution in [3.8, 4) is 5.75 Å². The topological polar surface area (TPSA) is 88.2 Å². The van der Waals surface area contributed by atoms with E-state index in [2.05, 4.69) is 5.32 Å². The van der Waals surface area contributed by atoms with Gasteiger partial charge in [0.1, 0.15) is 17.0 Å². The maximum absolute atomic E-state index is 12.3. The Labute approximate surface area is 170 Å². The first-order valence-electron chi connectivity index (χ1n) is 10.1. The third kappa shape index (κ3) is 4.02. The van der Waals surface area contributed by atoms with Crippen molar-refractivity contribution in [3.05, 3.63) is 23.8 Å². The summed E-state index contributed by atoms with van der Waals surface area (Å²) in [7, 11) is 0. The van der Waals surface area contributed by atoms with E-state index in [-0.39, 0.29) is 23.6 Å². The largest absolute Gasteiger partial charge is 0.487 e. The lowest BCUT2D eigenvalue weighted by Crippen LogP contribution is -2.50. The van der Waals surface area contributed by atoms with Crippen LogP contribution in [0.15, 0.2) is 18.2 Å². The molecule has 3 heterocycles. The van der Waals surface area contributed by atoms with E-state index in [1.54, 1.807) is 9.80 Å². The number of ether oxygens (including phenoxy) is 2. The summed E-state index contributed by atoms with van der Waals surface area (Å²) >= 11 is 0. The summed E-state index contributed by atoms with van der Waals surface area (Å²) in [5, 5.41) is 2.35. The standard InChI is InChI=1S/C21H27N3O5/c1-20(2,3)29-19(27)23-10-7-21(8-11-23)13-14-12-15(4-5-16(14)28-21)24-9-6-17(25)22-18(24)26/h4-5,12H,6-11,13H2,1-3H3,(H,22,25,26). The Morgan fingerprint density at radius 1 is 1.17 bits per heavy atom. The lowest BCUT2D eigenvalue weighted by molar-refractivity contribution is -0.120. The molecule has 4 amide bonds. The summed E-state index contributed by atoms with van der Waals surface area (Å²) in [6.07, 6.45) is 2.22. The van der Waals surface area contributed by atoms with Gasteiger partial charge in [-0.15, -0.1) is 0 Å². The summed E-state index contributed by atoms with van der Waals surface area (Å²) < 4.78 is 11.8. The molecule has 0 unspecified atom stereocenters. The molecule has 4 rings (SSSR count). The normalized spacial score (nSPS) is 20.9. The summed E-state index contributed by atoms with van der Waals surface area (Å²) in [4.78, 5) is 39.1. The highest BCUT2D eigenvalue weighted by molar-refractivity contribution is 6.05. The zero-order valence-electron chi connectivity index (χ0n) is 17.1. The summed E-state index contributed by atoms with van der Waals surface area (Å²) in [5.74, 6) is 0.583. The Kier molecular flexibility index (Phi) is 4.67. The number of nitrogens with zero attached hydrogens (tertiary/aromatic N) is 2. The van der Waals surface area contributed by atoms with Gasteiger partial charge in [0.15, 0.2) is 0 Å². The second-order valence-electron chi connectivity index (χ2n) is 8.98. The number of likely N-dealkylation sites (tertiary alicyclic amines) is 1. The van der Waals surface area contributed by atoms with Gasteiger partial charge >= 0.3 is 12.1 Å². The van der Waals surface area contributed by atoms with Crippen LogP contribution in [0.4, 0.5) is 15.3 Å². The van der Waals surface area contributed by atoms with E-state index in [0.717, 1.165) is 36.3 Å². The average Bonchev–Trinajstić information content (AvgIpc) is 2.97. The average molecular weight is 401 g/mol. The van der Waals surface area contributed by atoms with Crippen LogP contribution in [0.3, 0.4) is 0 Å². The molecule has 2 saturated heterocycles. The van der Waals surface area contributed by atoms with Gasteiger partial charge in [-0.1, -0.05) is 0 Å². The van der Waals surface area contributed by atoms with E-state index < -0.39 is 5.60 Å². The van der Waals surface area contributed by atoms with Crippen molar-refractivity contribution >= 4 is 23.7 Å². The number of amides is 4. The number of urea groups is 1. The lowest BCUT2D eigenvalue weighted by Gasteiger charge is -2.39. The molecule has 0 atom stereocenters. The van der Waals surface area contributed by atoms with Crippen LogP contribution < -0.4 is 15.0 Å². The van der Waals surface area contributed by atoms with Crippen LogP contribution in [0.25, 0.3) is 0 Å². The highest BCUT2D eigenvalue weighted by Crippen LogP contribution is 2.42. The van der Waals surface area contributed by atoms with E-state index >= 15 is 0 Å². The molecule has 0 bridgehead atoms. The third-order valence-electron chi connectivity index (χ3n) is 5.58. The molecule has 29 heavy (non-hydrogen) atoms. The number of hydrogen-bond acceptors (Lipinski definition) is 5. The Morgan fingerprint density at radius 3 is 2.55 bits per heavy atom. The molecule has 8 nitrogen and oxygen atoms in total. The number of carbonyl (C=O) groups excluding carboxylic acids is 3. The van der Waals surface area contributed by atoms with Crippen molar-refractivity contribution in [3.63, 3.8) is 0 Å². The molecule has 1 aromatic carbocycles. The smallest absolute Gasteiger partial charge is 0.410 e. The molecular weight excluding hydrogens is 374 g/mol. The van der Waals surface area contributed by atoms with Gasteiger partial charge in [-0.3, -0.25) is 15.0 Å². The van der Waals surface area contributed by atoms with E-state index in [0.29, 0.717) is 26.1 Å². The van der Waals surface area contributed by atoms with E-state index in [1.807, 2.05) is 39.0 Å². The minimum Gasteiger partial charge on any atom is -0.487 e. The van der Waals surface area contributed by atoms with Gasteiger partial charge in [0, 0.05) is 56.6 Å².